The number of rotatable bonds is 7. The molecule has 0 bridgehead atoms. The highest BCUT2D eigenvalue weighted by Crippen LogP contribution is 2.14. The first-order valence-corrected chi connectivity index (χ1v) is 6.84. The van der Waals surface area contributed by atoms with E-state index in [9.17, 15) is 9.90 Å². The van der Waals surface area contributed by atoms with Crippen LogP contribution in [0.1, 0.15) is 33.6 Å². The molecule has 0 saturated carbocycles. The first kappa shape index (κ1) is 15.4. The topological polar surface area (TPSA) is 70.6 Å². The van der Waals surface area contributed by atoms with Crippen molar-refractivity contribution >= 4 is 5.91 Å². The predicted octanol–water partition coefficient (Wildman–Crippen LogP) is 0.277. The van der Waals surface area contributed by atoms with Gasteiger partial charge in [0.15, 0.2) is 0 Å². The van der Waals surface area contributed by atoms with Crippen LogP contribution in [0.25, 0.3) is 0 Å². The van der Waals surface area contributed by atoms with E-state index in [4.69, 9.17) is 4.74 Å². The Hall–Kier alpha value is -0.650. The highest BCUT2D eigenvalue weighted by molar-refractivity contribution is 5.80. The summed E-state index contributed by atoms with van der Waals surface area (Å²) in [5, 5.41) is 15.6. The molecule has 1 saturated heterocycles. The van der Waals surface area contributed by atoms with E-state index in [-0.39, 0.29) is 23.9 Å². The molecule has 1 fully saturated rings. The van der Waals surface area contributed by atoms with Crippen molar-refractivity contribution in [3.63, 3.8) is 0 Å². The fourth-order valence-electron chi connectivity index (χ4n) is 2.26. The maximum absolute atomic E-state index is 12.1. The van der Waals surface area contributed by atoms with Gasteiger partial charge in [0, 0.05) is 12.1 Å². The van der Waals surface area contributed by atoms with Crippen LogP contribution in [0.15, 0.2) is 0 Å². The molecule has 0 aromatic carbocycles. The lowest BCUT2D eigenvalue weighted by Gasteiger charge is -2.21. The molecule has 5 nitrogen and oxygen atoms in total. The van der Waals surface area contributed by atoms with Crippen molar-refractivity contribution in [3.8, 4) is 0 Å². The molecule has 18 heavy (non-hydrogen) atoms. The Labute approximate surface area is 109 Å². The summed E-state index contributed by atoms with van der Waals surface area (Å²) in [7, 11) is 0. The van der Waals surface area contributed by atoms with Crippen LogP contribution in [0.2, 0.25) is 0 Å². The molecular weight excluding hydrogens is 232 g/mol. The zero-order valence-electron chi connectivity index (χ0n) is 11.6. The highest BCUT2D eigenvalue weighted by Gasteiger charge is 2.33. The van der Waals surface area contributed by atoms with E-state index >= 15 is 0 Å². The fourth-order valence-corrected chi connectivity index (χ4v) is 2.26. The Balaban J connectivity index is 2.39. The number of aliphatic hydroxyl groups excluding tert-OH is 1. The summed E-state index contributed by atoms with van der Waals surface area (Å²) in [5.74, 6) is -0.0951. The molecule has 1 amide bonds. The molecule has 0 aliphatic carbocycles. The van der Waals surface area contributed by atoms with Crippen molar-refractivity contribution in [2.45, 2.75) is 51.8 Å². The van der Waals surface area contributed by atoms with Crippen LogP contribution in [0.4, 0.5) is 0 Å². The van der Waals surface area contributed by atoms with Crippen LogP contribution in [0.5, 0.6) is 0 Å². The van der Waals surface area contributed by atoms with Gasteiger partial charge in [-0.2, -0.15) is 0 Å². The number of aliphatic hydroxyl groups is 1. The number of nitrogens with one attached hydrogen (secondary N) is 2. The summed E-state index contributed by atoms with van der Waals surface area (Å²) in [4.78, 5) is 12.1. The summed E-state index contributed by atoms with van der Waals surface area (Å²) in [5.41, 5.74) is 0. The average molecular weight is 258 g/mol. The van der Waals surface area contributed by atoms with Crippen LogP contribution in [-0.2, 0) is 9.53 Å². The zero-order chi connectivity index (χ0) is 13.5. The van der Waals surface area contributed by atoms with Crippen molar-refractivity contribution in [2.75, 3.05) is 19.8 Å². The van der Waals surface area contributed by atoms with Gasteiger partial charge in [-0.15, -0.1) is 0 Å². The molecule has 5 heteroatoms. The first-order chi connectivity index (χ1) is 8.54. The van der Waals surface area contributed by atoms with E-state index in [1.54, 1.807) is 6.92 Å². The third-order valence-corrected chi connectivity index (χ3v) is 3.16. The van der Waals surface area contributed by atoms with Gasteiger partial charge in [-0.3, -0.25) is 4.79 Å². The van der Waals surface area contributed by atoms with E-state index in [1.165, 1.54) is 0 Å². The summed E-state index contributed by atoms with van der Waals surface area (Å²) in [6.45, 7) is 7.73. The average Bonchev–Trinajstić information content (AvgIpc) is 2.72. The SMILES string of the molecule is CCCNC1COCC1C(=O)NC(C)CC(C)O. The van der Waals surface area contributed by atoms with Crippen LogP contribution >= 0.6 is 0 Å². The lowest BCUT2D eigenvalue weighted by atomic mass is 10.0. The van der Waals surface area contributed by atoms with E-state index in [0.717, 1.165) is 13.0 Å². The van der Waals surface area contributed by atoms with Crippen molar-refractivity contribution < 1.29 is 14.6 Å². The Morgan fingerprint density at radius 2 is 2.17 bits per heavy atom. The minimum Gasteiger partial charge on any atom is -0.393 e. The number of amides is 1. The van der Waals surface area contributed by atoms with Gasteiger partial charge in [0.05, 0.1) is 25.2 Å². The van der Waals surface area contributed by atoms with Gasteiger partial charge >= 0.3 is 0 Å². The minimum absolute atomic E-state index is 0.00933. The van der Waals surface area contributed by atoms with E-state index in [2.05, 4.69) is 17.6 Å². The Morgan fingerprint density at radius 3 is 2.78 bits per heavy atom. The summed E-state index contributed by atoms with van der Waals surface area (Å²) in [6.07, 6.45) is 1.23. The van der Waals surface area contributed by atoms with Crippen molar-refractivity contribution in [2.24, 2.45) is 5.92 Å². The van der Waals surface area contributed by atoms with Gasteiger partial charge in [-0.05, 0) is 33.2 Å². The second-order valence-corrected chi connectivity index (χ2v) is 5.20. The van der Waals surface area contributed by atoms with Crippen LogP contribution in [0.3, 0.4) is 0 Å². The monoisotopic (exact) mass is 258 g/mol. The van der Waals surface area contributed by atoms with Gasteiger partial charge in [-0.25, -0.2) is 0 Å². The molecule has 1 heterocycles. The van der Waals surface area contributed by atoms with Crippen LogP contribution in [-0.4, -0.2) is 49.0 Å². The molecule has 1 rings (SSSR count). The van der Waals surface area contributed by atoms with E-state index in [0.29, 0.717) is 19.6 Å². The molecule has 0 radical (unpaired) electrons. The lowest BCUT2D eigenvalue weighted by Crippen LogP contribution is -2.46. The third kappa shape index (κ3) is 4.92. The Morgan fingerprint density at radius 1 is 1.44 bits per heavy atom. The van der Waals surface area contributed by atoms with Crippen molar-refractivity contribution in [3.05, 3.63) is 0 Å². The standard InChI is InChI=1S/C13H26N2O3/c1-4-5-14-12-8-18-7-11(12)13(17)15-9(2)6-10(3)16/h9-12,14,16H,4-8H2,1-3H3,(H,15,17). The molecule has 1 aliphatic rings. The van der Waals surface area contributed by atoms with Crippen molar-refractivity contribution in [1.29, 1.82) is 0 Å². The molecular formula is C13H26N2O3. The maximum Gasteiger partial charge on any atom is 0.227 e. The van der Waals surface area contributed by atoms with Crippen LogP contribution in [0, 0.1) is 5.92 Å². The molecule has 1 aliphatic heterocycles. The third-order valence-electron chi connectivity index (χ3n) is 3.16. The molecule has 0 aromatic heterocycles. The quantitative estimate of drug-likeness (QED) is 0.613. The first-order valence-electron chi connectivity index (χ1n) is 6.84. The zero-order valence-corrected chi connectivity index (χ0v) is 11.6. The van der Waals surface area contributed by atoms with Gasteiger partial charge < -0.3 is 20.5 Å². The van der Waals surface area contributed by atoms with Gasteiger partial charge in [0.1, 0.15) is 0 Å². The molecule has 4 unspecified atom stereocenters. The van der Waals surface area contributed by atoms with Gasteiger partial charge in [0.25, 0.3) is 0 Å². The number of hydrogen-bond acceptors (Lipinski definition) is 4. The number of ether oxygens (including phenoxy) is 1. The second kappa shape index (κ2) is 7.71. The summed E-state index contributed by atoms with van der Waals surface area (Å²) in [6, 6.07) is 0.105. The molecule has 4 atom stereocenters. The number of hydrogen-bond donors (Lipinski definition) is 3. The molecule has 3 N–H and O–H groups in total. The molecule has 0 aromatic rings. The Bertz CT molecular complexity index is 259. The minimum atomic E-state index is -0.394. The summed E-state index contributed by atoms with van der Waals surface area (Å²) < 4.78 is 5.38. The highest BCUT2D eigenvalue weighted by atomic mass is 16.5. The van der Waals surface area contributed by atoms with Gasteiger partial charge in [0.2, 0.25) is 5.91 Å². The predicted molar refractivity (Wildman–Crippen MR) is 70.3 cm³/mol. The Kier molecular flexibility index (Phi) is 6.60. The number of carbonyl (C=O) groups excluding carboxylic acids is 1. The second-order valence-electron chi connectivity index (χ2n) is 5.20. The maximum atomic E-state index is 12.1. The normalized spacial score (nSPS) is 26.9. The fraction of sp³-hybridized carbons (Fsp3) is 0.923. The smallest absolute Gasteiger partial charge is 0.227 e. The van der Waals surface area contributed by atoms with Gasteiger partial charge in [-0.1, -0.05) is 6.92 Å². The summed E-state index contributed by atoms with van der Waals surface area (Å²) >= 11 is 0. The van der Waals surface area contributed by atoms with Crippen molar-refractivity contribution in [1.82, 2.24) is 10.6 Å². The molecule has 106 valence electrons. The largest absolute Gasteiger partial charge is 0.393 e. The number of carbonyl (C=O) groups is 1. The lowest BCUT2D eigenvalue weighted by molar-refractivity contribution is -0.126. The van der Waals surface area contributed by atoms with Crippen LogP contribution < -0.4 is 10.6 Å². The molecule has 0 spiro atoms. The van der Waals surface area contributed by atoms with E-state index in [1.807, 2.05) is 6.92 Å². The van der Waals surface area contributed by atoms with E-state index < -0.39 is 6.10 Å².